The van der Waals surface area contributed by atoms with Crippen molar-refractivity contribution in [3.8, 4) is 23.2 Å². The molecule has 2 aliphatic heterocycles. The van der Waals surface area contributed by atoms with Crippen LogP contribution in [0, 0.1) is 0 Å². The first kappa shape index (κ1) is 28.1. The summed E-state index contributed by atoms with van der Waals surface area (Å²) >= 11 is 6.39. The predicted molar refractivity (Wildman–Crippen MR) is 158 cm³/mol. The zero-order chi connectivity index (χ0) is 29.8. The number of rotatable bonds is 7. The van der Waals surface area contributed by atoms with E-state index in [4.69, 9.17) is 25.8 Å². The number of methoxy groups -OCH3 is 1. The number of amides is 3. The highest BCUT2D eigenvalue weighted by Crippen LogP contribution is 2.31. The monoisotopic (exact) mass is 604 g/mol. The summed E-state index contributed by atoms with van der Waals surface area (Å²) in [6.45, 7) is 2.00. The van der Waals surface area contributed by atoms with Gasteiger partial charge in [-0.2, -0.15) is 4.98 Å². The fourth-order valence-electron chi connectivity index (χ4n) is 4.88. The first-order valence-corrected chi connectivity index (χ1v) is 14.0. The third-order valence-corrected chi connectivity index (χ3v) is 7.28. The van der Waals surface area contributed by atoms with E-state index in [9.17, 15) is 9.59 Å². The Kier molecular flexibility index (Phi) is 8.13. The molecule has 2 aromatic carbocycles. The lowest BCUT2D eigenvalue weighted by Crippen LogP contribution is -2.61. The Morgan fingerprint density at radius 1 is 1.05 bits per heavy atom. The van der Waals surface area contributed by atoms with Gasteiger partial charge in [0.15, 0.2) is 11.5 Å². The molecule has 0 bridgehead atoms. The van der Waals surface area contributed by atoms with Gasteiger partial charge in [0.2, 0.25) is 11.9 Å². The standard InChI is InChI=1S/C29H29ClN8O5/c1-41-21-5-3-20(4-6-21)33-29(40)36-10-11-38(26-15-25(30)34-28(35-26)37-9-8-31-18-37)22(17-36)27(39)32-16-19-2-7-23-24(14-19)43-13-12-42-23/h2-9,14-15,18,22H,10-13,16-17H2,1H3,(H,32,39)(H,33,40). The number of benzene rings is 2. The molecule has 1 unspecified atom stereocenters. The van der Waals surface area contributed by atoms with Crippen molar-refractivity contribution in [1.29, 1.82) is 0 Å². The number of imidazole rings is 1. The van der Waals surface area contributed by atoms with Crippen LogP contribution in [-0.2, 0) is 11.3 Å². The van der Waals surface area contributed by atoms with Crippen LogP contribution in [0.4, 0.5) is 16.3 Å². The van der Waals surface area contributed by atoms with Gasteiger partial charge in [-0.05, 0) is 42.0 Å². The molecule has 13 nitrogen and oxygen atoms in total. The molecule has 6 rings (SSSR count). The largest absolute Gasteiger partial charge is 0.497 e. The first-order chi connectivity index (χ1) is 21.0. The van der Waals surface area contributed by atoms with E-state index >= 15 is 0 Å². The molecular weight excluding hydrogens is 576 g/mol. The number of hydrogen-bond donors (Lipinski definition) is 2. The van der Waals surface area contributed by atoms with Crippen molar-refractivity contribution in [2.45, 2.75) is 12.6 Å². The van der Waals surface area contributed by atoms with Crippen LogP contribution in [0.2, 0.25) is 5.15 Å². The Labute approximate surface area is 252 Å². The predicted octanol–water partition coefficient (Wildman–Crippen LogP) is 3.13. The third kappa shape index (κ3) is 6.41. The molecule has 222 valence electrons. The van der Waals surface area contributed by atoms with Crippen molar-refractivity contribution in [2.75, 3.05) is 50.2 Å². The van der Waals surface area contributed by atoms with Gasteiger partial charge in [-0.3, -0.25) is 9.36 Å². The number of carbonyl (C=O) groups excluding carboxylic acids is 2. The summed E-state index contributed by atoms with van der Waals surface area (Å²) in [6.07, 6.45) is 4.88. The summed E-state index contributed by atoms with van der Waals surface area (Å²) in [6, 6.07) is 13.1. The Morgan fingerprint density at radius 3 is 2.63 bits per heavy atom. The van der Waals surface area contributed by atoms with Crippen LogP contribution in [0.25, 0.3) is 5.95 Å². The van der Waals surface area contributed by atoms with Crippen molar-refractivity contribution >= 4 is 35.0 Å². The maximum absolute atomic E-state index is 13.8. The number of urea groups is 1. The second-order valence-corrected chi connectivity index (χ2v) is 10.2. The summed E-state index contributed by atoms with van der Waals surface area (Å²) < 4.78 is 18.1. The van der Waals surface area contributed by atoms with Crippen LogP contribution in [0.15, 0.2) is 67.3 Å². The summed E-state index contributed by atoms with van der Waals surface area (Å²) in [5, 5.41) is 6.12. The van der Waals surface area contributed by atoms with Crippen molar-refractivity contribution in [2.24, 2.45) is 0 Å². The van der Waals surface area contributed by atoms with Crippen LogP contribution in [0.3, 0.4) is 0 Å². The topological polar surface area (TPSA) is 136 Å². The van der Waals surface area contributed by atoms with Gasteiger partial charge in [-0.15, -0.1) is 0 Å². The van der Waals surface area contributed by atoms with Crippen molar-refractivity contribution in [3.63, 3.8) is 0 Å². The van der Waals surface area contributed by atoms with Crippen molar-refractivity contribution in [1.82, 2.24) is 29.7 Å². The highest BCUT2D eigenvalue weighted by molar-refractivity contribution is 6.29. The number of nitrogens with one attached hydrogen (secondary N) is 2. The minimum absolute atomic E-state index is 0.108. The summed E-state index contributed by atoms with van der Waals surface area (Å²) in [4.78, 5) is 43.5. The van der Waals surface area contributed by atoms with Gasteiger partial charge < -0.3 is 34.6 Å². The number of fused-ring (bicyclic) bond motifs is 1. The van der Waals surface area contributed by atoms with Crippen molar-refractivity contribution in [3.05, 3.63) is 78.0 Å². The molecule has 4 aromatic rings. The first-order valence-electron chi connectivity index (χ1n) is 13.6. The number of anilines is 2. The third-order valence-electron chi connectivity index (χ3n) is 7.08. The zero-order valence-electron chi connectivity index (χ0n) is 23.3. The van der Waals surface area contributed by atoms with Crippen LogP contribution < -0.4 is 29.7 Å². The van der Waals surface area contributed by atoms with E-state index in [1.165, 1.54) is 0 Å². The number of carbonyl (C=O) groups is 2. The Bertz CT molecular complexity index is 1600. The molecule has 2 aliphatic rings. The molecule has 0 saturated carbocycles. The molecule has 4 heterocycles. The smallest absolute Gasteiger partial charge is 0.321 e. The molecule has 14 heteroatoms. The van der Waals surface area contributed by atoms with E-state index in [0.717, 1.165) is 5.56 Å². The highest BCUT2D eigenvalue weighted by atomic mass is 35.5. The minimum atomic E-state index is -0.769. The Hall–Kier alpha value is -5.04. The molecule has 1 saturated heterocycles. The fraction of sp³-hybridized carbons (Fsp3) is 0.276. The van der Waals surface area contributed by atoms with Gasteiger partial charge in [-0.1, -0.05) is 17.7 Å². The second kappa shape index (κ2) is 12.4. The average molecular weight is 605 g/mol. The van der Waals surface area contributed by atoms with Crippen LogP contribution in [0.5, 0.6) is 17.2 Å². The molecule has 0 aliphatic carbocycles. The van der Waals surface area contributed by atoms with E-state index in [-0.39, 0.29) is 30.2 Å². The summed E-state index contributed by atoms with van der Waals surface area (Å²) in [7, 11) is 1.58. The molecule has 0 radical (unpaired) electrons. The lowest BCUT2D eigenvalue weighted by atomic mass is 10.1. The zero-order valence-corrected chi connectivity index (χ0v) is 24.0. The number of piperazine rings is 1. The van der Waals surface area contributed by atoms with E-state index in [0.29, 0.717) is 61.0 Å². The number of nitrogens with zero attached hydrogens (tertiary/aromatic N) is 6. The quantitative estimate of drug-likeness (QED) is 0.305. The van der Waals surface area contributed by atoms with Gasteiger partial charge in [0.05, 0.1) is 13.7 Å². The van der Waals surface area contributed by atoms with Gasteiger partial charge in [0.25, 0.3) is 0 Å². The second-order valence-electron chi connectivity index (χ2n) is 9.83. The van der Waals surface area contributed by atoms with E-state index in [2.05, 4.69) is 25.6 Å². The van der Waals surface area contributed by atoms with Crippen LogP contribution in [0.1, 0.15) is 5.56 Å². The fourth-order valence-corrected chi connectivity index (χ4v) is 5.05. The van der Waals surface area contributed by atoms with Gasteiger partial charge in [0.1, 0.15) is 42.3 Å². The number of halogens is 1. The minimum Gasteiger partial charge on any atom is -0.497 e. The van der Waals surface area contributed by atoms with Gasteiger partial charge >= 0.3 is 6.03 Å². The SMILES string of the molecule is COc1ccc(NC(=O)N2CCN(c3cc(Cl)nc(-n4ccnc4)n3)C(C(=O)NCc3ccc4c(c3)OCCO4)C2)cc1. The molecule has 1 fully saturated rings. The molecular formula is C29H29ClN8O5. The number of aromatic nitrogens is 4. The van der Waals surface area contributed by atoms with E-state index < -0.39 is 6.04 Å². The van der Waals surface area contributed by atoms with Gasteiger partial charge in [0, 0.05) is 43.8 Å². The summed E-state index contributed by atoms with van der Waals surface area (Å²) in [5.74, 6) is 2.48. The molecule has 0 spiro atoms. The molecule has 3 amide bonds. The van der Waals surface area contributed by atoms with Gasteiger partial charge in [-0.25, -0.2) is 14.8 Å². The number of hydrogen-bond acceptors (Lipinski definition) is 9. The summed E-state index contributed by atoms with van der Waals surface area (Å²) in [5.41, 5.74) is 1.46. The maximum Gasteiger partial charge on any atom is 0.321 e. The van der Waals surface area contributed by atoms with E-state index in [1.807, 2.05) is 23.1 Å². The lowest BCUT2D eigenvalue weighted by Gasteiger charge is -2.41. The number of ether oxygens (including phenoxy) is 3. The maximum atomic E-state index is 13.8. The molecule has 2 aromatic heterocycles. The van der Waals surface area contributed by atoms with Crippen LogP contribution >= 0.6 is 11.6 Å². The highest BCUT2D eigenvalue weighted by Gasteiger charge is 2.36. The lowest BCUT2D eigenvalue weighted by molar-refractivity contribution is -0.123. The Morgan fingerprint density at radius 2 is 1.86 bits per heavy atom. The van der Waals surface area contributed by atoms with E-state index in [1.54, 1.807) is 65.6 Å². The average Bonchev–Trinajstić information content (AvgIpc) is 3.59. The molecule has 1 atom stereocenters. The normalized spacial score (nSPS) is 16.0. The van der Waals surface area contributed by atoms with Crippen LogP contribution in [-0.4, -0.2) is 82.4 Å². The van der Waals surface area contributed by atoms with Crippen molar-refractivity contribution < 1.29 is 23.8 Å². The Balaban J connectivity index is 1.22. The molecule has 2 N–H and O–H groups in total. The molecule has 43 heavy (non-hydrogen) atoms.